The molecule has 1 rings (SSSR count). The number of hydrogen-bond acceptors (Lipinski definition) is 2. The molecule has 0 aliphatic carbocycles. The smallest absolute Gasteiger partial charge is 0.223 e. The van der Waals surface area contributed by atoms with Crippen molar-refractivity contribution in [2.24, 2.45) is 5.41 Å². The molecule has 0 aromatic carbocycles. The van der Waals surface area contributed by atoms with Crippen molar-refractivity contribution in [1.29, 1.82) is 0 Å². The minimum Gasteiger partial charge on any atom is -0.378 e. The summed E-state index contributed by atoms with van der Waals surface area (Å²) in [7, 11) is 0. The Morgan fingerprint density at radius 3 is 2.43 bits per heavy atom. The van der Waals surface area contributed by atoms with Crippen LogP contribution in [0.15, 0.2) is 0 Å². The van der Waals surface area contributed by atoms with Crippen LogP contribution in [0.2, 0.25) is 0 Å². The number of morpholine rings is 1. The van der Waals surface area contributed by atoms with E-state index >= 15 is 0 Å². The van der Waals surface area contributed by atoms with Gasteiger partial charge in [0.25, 0.3) is 0 Å². The number of rotatable bonds is 3. The van der Waals surface area contributed by atoms with Gasteiger partial charge in [0, 0.05) is 19.5 Å². The zero-order chi connectivity index (χ0) is 10.6. The molecule has 0 spiro atoms. The Labute approximate surface area is 86.4 Å². The largest absolute Gasteiger partial charge is 0.378 e. The molecule has 0 N–H and O–H groups in total. The fourth-order valence-corrected chi connectivity index (χ4v) is 1.46. The van der Waals surface area contributed by atoms with Gasteiger partial charge in [0.2, 0.25) is 5.91 Å². The lowest BCUT2D eigenvalue weighted by Crippen LogP contribution is -2.42. The summed E-state index contributed by atoms with van der Waals surface area (Å²) in [5, 5.41) is 0. The van der Waals surface area contributed by atoms with Gasteiger partial charge in [0.15, 0.2) is 0 Å². The van der Waals surface area contributed by atoms with Crippen LogP contribution in [0.3, 0.4) is 0 Å². The van der Waals surface area contributed by atoms with Gasteiger partial charge in [-0.3, -0.25) is 4.79 Å². The first-order chi connectivity index (χ1) is 6.55. The molecule has 3 nitrogen and oxygen atoms in total. The van der Waals surface area contributed by atoms with Crippen molar-refractivity contribution in [3.8, 4) is 0 Å². The van der Waals surface area contributed by atoms with E-state index in [-0.39, 0.29) is 11.3 Å². The minimum absolute atomic E-state index is 0.134. The van der Waals surface area contributed by atoms with Crippen LogP contribution < -0.4 is 0 Å². The van der Waals surface area contributed by atoms with E-state index < -0.39 is 0 Å². The molecule has 1 fully saturated rings. The summed E-state index contributed by atoms with van der Waals surface area (Å²) in [4.78, 5) is 13.8. The summed E-state index contributed by atoms with van der Waals surface area (Å²) in [6, 6.07) is 0. The van der Waals surface area contributed by atoms with Gasteiger partial charge in [-0.2, -0.15) is 0 Å². The third-order valence-electron chi connectivity index (χ3n) is 2.95. The van der Waals surface area contributed by atoms with Crippen molar-refractivity contribution in [3.05, 3.63) is 0 Å². The van der Waals surface area contributed by atoms with Crippen LogP contribution in [0.1, 0.15) is 33.6 Å². The average Bonchev–Trinajstić information content (AvgIpc) is 2.19. The van der Waals surface area contributed by atoms with Crippen molar-refractivity contribution in [1.82, 2.24) is 4.90 Å². The van der Waals surface area contributed by atoms with Crippen LogP contribution in [0.5, 0.6) is 0 Å². The predicted molar refractivity (Wildman–Crippen MR) is 56.1 cm³/mol. The number of hydrogen-bond donors (Lipinski definition) is 0. The summed E-state index contributed by atoms with van der Waals surface area (Å²) in [5.74, 6) is 0.278. The number of nitrogens with zero attached hydrogens (tertiary/aromatic N) is 1. The van der Waals surface area contributed by atoms with Gasteiger partial charge < -0.3 is 9.64 Å². The van der Waals surface area contributed by atoms with E-state index in [1.54, 1.807) is 0 Å². The van der Waals surface area contributed by atoms with E-state index in [1.807, 2.05) is 4.90 Å². The second-order valence-corrected chi connectivity index (χ2v) is 4.69. The van der Waals surface area contributed by atoms with E-state index in [0.717, 1.165) is 19.5 Å². The van der Waals surface area contributed by atoms with Crippen molar-refractivity contribution in [3.63, 3.8) is 0 Å². The van der Waals surface area contributed by atoms with Gasteiger partial charge in [-0.15, -0.1) is 0 Å². The maximum Gasteiger partial charge on any atom is 0.223 e. The third kappa shape index (κ3) is 3.29. The second-order valence-electron chi connectivity index (χ2n) is 4.69. The highest BCUT2D eigenvalue weighted by atomic mass is 16.5. The highest BCUT2D eigenvalue weighted by Gasteiger charge is 2.24. The van der Waals surface area contributed by atoms with Gasteiger partial charge in [-0.25, -0.2) is 0 Å². The number of carbonyl (C=O) groups is 1. The summed E-state index contributed by atoms with van der Waals surface area (Å²) < 4.78 is 5.21. The third-order valence-corrected chi connectivity index (χ3v) is 2.95. The van der Waals surface area contributed by atoms with Gasteiger partial charge in [-0.1, -0.05) is 27.2 Å². The van der Waals surface area contributed by atoms with Crippen LogP contribution in [-0.4, -0.2) is 37.1 Å². The molecule has 0 unspecified atom stereocenters. The number of amides is 1. The molecule has 0 radical (unpaired) electrons. The maximum atomic E-state index is 11.8. The zero-order valence-electron chi connectivity index (χ0n) is 9.51. The zero-order valence-corrected chi connectivity index (χ0v) is 9.51. The normalized spacial score (nSPS) is 18.4. The fourth-order valence-electron chi connectivity index (χ4n) is 1.46. The van der Waals surface area contributed by atoms with Crippen LogP contribution in [0, 0.1) is 5.41 Å². The first-order valence-electron chi connectivity index (χ1n) is 5.41. The Bertz CT molecular complexity index is 195. The van der Waals surface area contributed by atoms with E-state index in [9.17, 15) is 4.79 Å². The fraction of sp³-hybridized carbons (Fsp3) is 0.909. The molecule has 82 valence electrons. The maximum absolute atomic E-state index is 11.8. The Morgan fingerprint density at radius 1 is 1.36 bits per heavy atom. The lowest BCUT2D eigenvalue weighted by molar-refractivity contribution is -0.137. The van der Waals surface area contributed by atoms with E-state index in [0.29, 0.717) is 19.6 Å². The quantitative estimate of drug-likeness (QED) is 0.692. The minimum atomic E-state index is 0.134. The van der Waals surface area contributed by atoms with Gasteiger partial charge in [-0.05, 0) is 5.41 Å². The molecular weight excluding hydrogens is 178 g/mol. The molecule has 1 aliphatic heterocycles. The summed E-state index contributed by atoms with van der Waals surface area (Å²) in [6.07, 6.45) is 1.70. The molecular formula is C11H21NO2. The van der Waals surface area contributed by atoms with Crippen molar-refractivity contribution in [2.45, 2.75) is 33.6 Å². The van der Waals surface area contributed by atoms with Crippen molar-refractivity contribution in [2.75, 3.05) is 26.3 Å². The van der Waals surface area contributed by atoms with E-state index in [4.69, 9.17) is 4.74 Å². The van der Waals surface area contributed by atoms with Crippen molar-refractivity contribution >= 4 is 5.91 Å². The highest BCUT2D eigenvalue weighted by Crippen LogP contribution is 2.25. The number of ether oxygens (including phenoxy) is 1. The Kier molecular flexibility index (Phi) is 3.93. The van der Waals surface area contributed by atoms with E-state index in [1.165, 1.54) is 0 Å². The SMILES string of the molecule is CCC(C)(C)CC(=O)N1CCOCC1. The molecule has 0 bridgehead atoms. The predicted octanol–water partition coefficient (Wildman–Crippen LogP) is 1.67. The average molecular weight is 199 g/mol. The lowest BCUT2D eigenvalue weighted by atomic mass is 9.86. The molecule has 1 saturated heterocycles. The van der Waals surface area contributed by atoms with Gasteiger partial charge >= 0.3 is 0 Å². The number of carbonyl (C=O) groups excluding carboxylic acids is 1. The monoisotopic (exact) mass is 199 g/mol. The lowest BCUT2D eigenvalue weighted by Gasteiger charge is -2.30. The highest BCUT2D eigenvalue weighted by molar-refractivity contribution is 5.76. The molecule has 1 heterocycles. The molecule has 1 aliphatic rings. The summed E-state index contributed by atoms with van der Waals surface area (Å²) in [5.41, 5.74) is 0.134. The molecule has 3 heteroatoms. The first-order valence-corrected chi connectivity index (χ1v) is 5.41. The van der Waals surface area contributed by atoms with Crippen LogP contribution in [-0.2, 0) is 9.53 Å². The standard InChI is InChI=1S/C11H21NO2/c1-4-11(2,3)9-10(13)12-5-7-14-8-6-12/h4-9H2,1-3H3. The molecule has 1 amide bonds. The topological polar surface area (TPSA) is 29.5 Å². The second kappa shape index (κ2) is 4.78. The Balaban J connectivity index is 2.40. The van der Waals surface area contributed by atoms with Gasteiger partial charge in [0.05, 0.1) is 13.2 Å². The van der Waals surface area contributed by atoms with E-state index in [2.05, 4.69) is 20.8 Å². The molecule has 0 aromatic heterocycles. The summed E-state index contributed by atoms with van der Waals surface area (Å²) in [6.45, 7) is 9.33. The summed E-state index contributed by atoms with van der Waals surface area (Å²) >= 11 is 0. The van der Waals surface area contributed by atoms with Crippen LogP contribution in [0.25, 0.3) is 0 Å². The Morgan fingerprint density at radius 2 is 1.93 bits per heavy atom. The molecule has 0 atom stereocenters. The first kappa shape index (κ1) is 11.5. The Hall–Kier alpha value is -0.570. The van der Waals surface area contributed by atoms with Crippen LogP contribution >= 0.6 is 0 Å². The molecule has 0 aromatic rings. The molecule has 14 heavy (non-hydrogen) atoms. The van der Waals surface area contributed by atoms with Crippen LogP contribution in [0.4, 0.5) is 0 Å². The molecule has 0 saturated carbocycles. The van der Waals surface area contributed by atoms with Crippen molar-refractivity contribution < 1.29 is 9.53 Å². The van der Waals surface area contributed by atoms with Gasteiger partial charge in [0.1, 0.15) is 0 Å².